The third-order valence-electron chi connectivity index (χ3n) is 3.28. The predicted octanol–water partition coefficient (Wildman–Crippen LogP) is 2.55. The largest absolute Gasteiger partial charge is 0.395 e. The van der Waals surface area contributed by atoms with E-state index in [4.69, 9.17) is 5.73 Å². The van der Waals surface area contributed by atoms with Gasteiger partial charge in [-0.2, -0.15) is 11.8 Å². The van der Waals surface area contributed by atoms with Crippen LogP contribution in [0.4, 0.5) is 4.39 Å². The molecule has 0 heterocycles. The topological polar surface area (TPSA) is 46.2 Å². The highest BCUT2D eigenvalue weighted by Crippen LogP contribution is 2.29. The van der Waals surface area contributed by atoms with E-state index < -0.39 is 5.41 Å². The maximum Gasteiger partial charge on any atom is 0.123 e. The van der Waals surface area contributed by atoms with E-state index in [1.807, 2.05) is 17.8 Å². The van der Waals surface area contributed by atoms with Crippen molar-refractivity contribution in [2.75, 3.05) is 24.7 Å². The Morgan fingerprint density at radius 1 is 1.44 bits per heavy atom. The summed E-state index contributed by atoms with van der Waals surface area (Å²) in [6.07, 6.45) is 1.77. The summed E-state index contributed by atoms with van der Waals surface area (Å²) >= 11 is 1.87. The Bertz CT molecular complexity index is 355. The average Bonchev–Trinajstić information content (AvgIpc) is 2.40. The molecule has 0 spiro atoms. The standard InChI is InChI=1S/C14H22FNOS/c1-2-18-8-4-7-14(10-16,11-17)12-5-3-6-13(15)9-12/h3,5-6,9,17H,2,4,7-8,10-11,16H2,1H3. The second-order valence-corrected chi connectivity index (χ2v) is 5.85. The molecule has 0 saturated heterocycles. The first-order valence-electron chi connectivity index (χ1n) is 6.33. The van der Waals surface area contributed by atoms with Crippen molar-refractivity contribution in [3.05, 3.63) is 35.6 Å². The molecular weight excluding hydrogens is 249 g/mol. The summed E-state index contributed by atoms with van der Waals surface area (Å²) in [6.45, 7) is 2.42. The highest BCUT2D eigenvalue weighted by molar-refractivity contribution is 7.99. The first kappa shape index (κ1) is 15.5. The fourth-order valence-corrected chi connectivity index (χ4v) is 2.71. The smallest absolute Gasteiger partial charge is 0.123 e. The summed E-state index contributed by atoms with van der Waals surface area (Å²) in [5.74, 6) is 1.86. The van der Waals surface area contributed by atoms with Crippen molar-refractivity contribution in [3.8, 4) is 0 Å². The van der Waals surface area contributed by atoms with Crippen molar-refractivity contribution in [3.63, 3.8) is 0 Å². The molecule has 18 heavy (non-hydrogen) atoms. The zero-order valence-electron chi connectivity index (χ0n) is 10.9. The molecule has 0 fully saturated rings. The van der Waals surface area contributed by atoms with Gasteiger partial charge in [-0.05, 0) is 42.0 Å². The number of aliphatic hydroxyl groups is 1. The molecule has 1 aromatic rings. The summed E-state index contributed by atoms with van der Waals surface area (Å²) in [5, 5.41) is 9.67. The van der Waals surface area contributed by atoms with Crippen molar-refractivity contribution >= 4 is 11.8 Å². The molecule has 0 aliphatic heterocycles. The molecule has 4 heteroatoms. The molecule has 0 aliphatic carbocycles. The van der Waals surface area contributed by atoms with Gasteiger partial charge in [0.05, 0.1) is 6.61 Å². The van der Waals surface area contributed by atoms with Gasteiger partial charge in [-0.15, -0.1) is 0 Å². The van der Waals surface area contributed by atoms with Gasteiger partial charge in [-0.3, -0.25) is 0 Å². The summed E-state index contributed by atoms with van der Waals surface area (Å²) < 4.78 is 13.3. The van der Waals surface area contributed by atoms with E-state index >= 15 is 0 Å². The lowest BCUT2D eigenvalue weighted by Crippen LogP contribution is -2.39. The zero-order valence-corrected chi connectivity index (χ0v) is 11.7. The van der Waals surface area contributed by atoms with Crippen LogP contribution in [0.25, 0.3) is 0 Å². The summed E-state index contributed by atoms with van der Waals surface area (Å²) in [7, 11) is 0. The van der Waals surface area contributed by atoms with Crippen LogP contribution in [-0.2, 0) is 5.41 Å². The molecule has 1 aromatic carbocycles. The van der Waals surface area contributed by atoms with E-state index in [0.717, 1.165) is 29.9 Å². The van der Waals surface area contributed by atoms with Crippen LogP contribution in [0, 0.1) is 5.82 Å². The van der Waals surface area contributed by atoms with Crippen molar-refractivity contribution in [1.82, 2.24) is 0 Å². The lowest BCUT2D eigenvalue weighted by atomic mass is 9.77. The van der Waals surface area contributed by atoms with Gasteiger partial charge >= 0.3 is 0 Å². The van der Waals surface area contributed by atoms with Crippen LogP contribution in [0.15, 0.2) is 24.3 Å². The minimum atomic E-state index is -0.504. The maximum atomic E-state index is 13.3. The minimum Gasteiger partial charge on any atom is -0.395 e. The number of hydrogen-bond donors (Lipinski definition) is 2. The Labute approximate surface area is 113 Å². The minimum absolute atomic E-state index is 0.0380. The number of aliphatic hydroxyl groups excluding tert-OH is 1. The third kappa shape index (κ3) is 3.97. The van der Waals surface area contributed by atoms with Crippen LogP contribution in [0.3, 0.4) is 0 Å². The molecule has 1 unspecified atom stereocenters. The average molecular weight is 271 g/mol. The Kier molecular flexibility index (Phi) is 6.68. The van der Waals surface area contributed by atoms with E-state index in [9.17, 15) is 9.50 Å². The number of rotatable bonds is 8. The molecule has 0 aromatic heterocycles. The zero-order chi connectivity index (χ0) is 13.4. The van der Waals surface area contributed by atoms with E-state index in [1.54, 1.807) is 6.07 Å². The van der Waals surface area contributed by atoms with E-state index in [-0.39, 0.29) is 12.4 Å². The van der Waals surface area contributed by atoms with Gasteiger partial charge < -0.3 is 10.8 Å². The normalized spacial score (nSPS) is 14.4. The molecule has 0 radical (unpaired) electrons. The number of nitrogens with two attached hydrogens (primary N) is 1. The lowest BCUT2D eigenvalue weighted by Gasteiger charge is -2.31. The molecule has 1 atom stereocenters. The quantitative estimate of drug-likeness (QED) is 0.714. The third-order valence-corrected chi connectivity index (χ3v) is 4.26. The molecule has 1 rings (SSSR count). The number of hydrogen-bond acceptors (Lipinski definition) is 3. The fourth-order valence-electron chi connectivity index (χ4n) is 2.07. The van der Waals surface area contributed by atoms with Gasteiger partial charge in [0.2, 0.25) is 0 Å². The van der Waals surface area contributed by atoms with Gasteiger partial charge in [0.15, 0.2) is 0 Å². The molecule has 0 amide bonds. The van der Waals surface area contributed by atoms with Crippen molar-refractivity contribution in [2.24, 2.45) is 5.73 Å². The number of benzene rings is 1. The van der Waals surface area contributed by atoms with Crippen molar-refractivity contribution < 1.29 is 9.50 Å². The summed E-state index contributed by atoms with van der Waals surface area (Å²) in [4.78, 5) is 0. The van der Waals surface area contributed by atoms with Gasteiger partial charge in [0.25, 0.3) is 0 Å². The van der Waals surface area contributed by atoms with Crippen LogP contribution in [0.2, 0.25) is 0 Å². The predicted molar refractivity (Wildman–Crippen MR) is 76.5 cm³/mol. The SMILES string of the molecule is CCSCCCC(CN)(CO)c1cccc(F)c1. The van der Waals surface area contributed by atoms with Gasteiger partial charge in [-0.25, -0.2) is 4.39 Å². The Balaban J connectivity index is 2.79. The Morgan fingerprint density at radius 3 is 2.78 bits per heavy atom. The van der Waals surface area contributed by atoms with Gasteiger partial charge in [0, 0.05) is 12.0 Å². The van der Waals surface area contributed by atoms with E-state index in [2.05, 4.69) is 6.92 Å². The highest BCUT2D eigenvalue weighted by atomic mass is 32.2. The molecular formula is C14H22FNOS. The van der Waals surface area contributed by atoms with Gasteiger partial charge in [0.1, 0.15) is 5.82 Å². The fraction of sp³-hybridized carbons (Fsp3) is 0.571. The lowest BCUT2D eigenvalue weighted by molar-refractivity contribution is 0.187. The van der Waals surface area contributed by atoms with E-state index in [1.165, 1.54) is 12.1 Å². The Morgan fingerprint density at radius 2 is 2.22 bits per heavy atom. The molecule has 0 aliphatic rings. The van der Waals surface area contributed by atoms with E-state index in [0.29, 0.717) is 6.54 Å². The highest BCUT2D eigenvalue weighted by Gasteiger charge is 2.29. The second-order valence-electron chi connectivity index (χ2n) is 4.45. The van der Waals surface area contributed by atoms with Gasteiger partial charge in [-0.1, -0.05) is 19.1 Å². The molecule has 0 saturated carbocycles. The van der Waals surface area contributed by atoms with Crippen molar-refractivity contribution in [2.45, 2.75) is 25.2 Å². The molecule has 0 bridgehead atoms. The molecule has 2 nitrogen and oxygen atoms in total. The maximum absolute atomic E-state index is 13.3. The second kappa shape index (κ2) is 7.77. The molecule has 3 N–H and O–H groups in total. The van der Waals surface area contributed by atoms with Crippen LogP contribution >= 0.6 is 11.8 Å². The first-order chi connectivity index (χ1) is 8.68. The van der Waals surface area contributed by atoms with Crippen LogP contribution in [-0.4, -0.2) is 29.8 Å². The van der Waals surface area contributed by atoms with Crippen LogP contribution in [0.5, 0.6) is 0 Å². The monoisotopic (exact) mass is 271 g/mol. The summed E-state index contributed by atoms with van der Waals surface area (Å²) in [5.41, 5.74) is 6.12. The number of thioether (sulfide) groups is 1. The van der Waals surface area contributed by atoms with Crippen LogP contribution in [0.1, 0.15) is 25.3 Å². The summed E-state index contributed by atoms with van der Waals surface area (Å²) in [6, 6.07) is 6.41. The first-order valence-corrected chi connectivity index (χ1v) is 7.48. The number of halogens is 1. The molecule has 102 valence electrons. The van der Waals surface area contributed by atoms with Crippen molar-refractivity contribution in [1.29, 1.82) is 0 Å². The van der Waals surface area contributed by atoms with Crippen LogP contribution < -0.4 is 5.73 Å². The Hall–Kier alpha value is -0.580.